The van der Waals surface area contributed by atoms with Gasteiger partial charge >= 0.3 is 0 Å². The van der Waals surface area contributed by atoms with Gasteiger partial charge in [0.15, 0.2) is 0 Å². The Hall–Kier alpha value is -3.27. The summed E-state index contributed by atoms with van der Waals surface area (Å²) in [5, 5.41) is 12.8. The summed E-state index contributed by atoms with van der Waals surface area (Å²) in [6.07, 6.45) is 4.90. The zero-order valence-electron chi connectivity index (χ0n) is 16.6. The molecule has 30 heavy (non-hydrogen) atoms. The number of allylic oxidation sites excluding steroid dienone is 2. The maximum absolute atomic E-state index is 12.7. The maximum Gasteiger partial charge on any atom is 0.266 e. The van der Waals surface area contributed by atoms with E-state index < -0.39 is 5.91 Å². The average molecular weight is 424 g/mol. The Balaban J connectivity index is 1.78. The van der Waals surface area contributed by atoms with Crippen molar-refractivity contribution in [1.29, 1.82) is 5.26 Å². The van der Waals surface area contributed by atoms with Crippen LogP contribution in [0.3, 0.4) is 0 Å². The van der Waals surface area contributed by atoms with Gasteiger partial charge in [0, 0.05) is 23.7 Å². The number of para-hydroxylation sites is 1. The molecule has 1 fully saturated rings. The molecule has 3 rings (SSSR count). The van der Waals surface area contributed by atoms with E-state index in [0.717, 1.165) is 11.3 Å². The Labute approximate surface area is 181 Å². The first kappa shape index (κ1) is 21.4. The maximum atomic E-state index is 12.7. The molecule has 0 bridgehead atoms. The lowest BCUT2D eigenvalue weighted by atomic mass is 10.1. The Morgan fingerprint density at radius 3 is 2.77 bits per heavy atom. The molecule has 1 saturated heterocycles. The minimum absolute atomic E-state index is 0.0194. The summed E-state index contributed by atoms with van der Waals surface area (Å²) in [4.78, 5) is 14.8. The Bertz CT molecular complexity index is 1000. The van der Waals surface area contributed by atoms with Gasteiger partial charge < -0.3 is 19.7 Å². The van der Waals surface area contributed by atoms with Crippen LogP contribution in [-0.4, -0.2) is 39.3 Å². The lowest BCUT2D eigenvalue weighted by Gasteiger charge is -2.30. The number of methoxy groups -OCH3 is 1. The van der Waals surface area contributed by atoms with Crippen molar-refractivity contribution in [2.45, 2.75) is 0 Å². The number of morpholine rings is 1. The molecule has 1 amide bonds. The second-order valence-electron chi connectivity index (χ2n) is 6.51. The number of hydrogen-bond donors (Lipinski definition) is 1. The minimum Gasteiger partial charge on any atom is -0.496 e. The molecule has 6 nitrogen and oxygen atoms in total. The highest BCUT2D eigenvalue weighted by Gasteiger charge is 2.18. The highest BCUT2D eigenvalue weighted by molar-refractivity contribution is 6.31. The van der Waals surface area contributed by atoms with Crippen LogP contribution in [0.1, 0.15) is 5.56 Å². The summed E-state index contributed by atoms with van der Waals surface area (Å²) >= 11 is 6.14. The molecule has 154 valence electrons. The number of benzene rings is 2. The van der Waals surface area contributed by atoms with Crippen molar-refractivity contribution < 1.29 is 14.3 Å². The summed E-state index contributed by atoms with van der Waals surface area (Å²) in [6, 6.07) is 14.8. The van der Waals surface area contributed by atoms with E-state index in [-0.39, 0.29) is 5.57 Å². The van der Waals surface area contributed by atoms with Crippen LogP contribution < -0.4 is 15.0 Å². The number of carbonyl (C=O) groups is 1. The van der Waals surface area contributed by atoms with E-state index in [1.54, 1.807) is 31.4 Å². The molecule has 0 aliphatic carbocycles. The van der Waals surface area contributed by atoms with Crippen LogP contribution in [0.25, 0.3) is 6.08 Å². The predicted octanol–water partition coefficient (Wildman–Crippen LogP) is 4.29. The molecule has 7 heteroatoms. The zero-order valence-corrected chi connectivity index (χ0v) is 17.4. The fourth-order valence-electron chi connectivity index (χ4n) is 3.09. The number of halogens is 1. The van der Waals surface area contributed by atoms with Gasteiger partial charge in [-0.1, -0.05) is 42.0 Å². The number of hydrogen-bond acceptors (Lipinski definition) is 5. The molecular formula is C23H22ClN3O3. The van der Waals surface area contributed by atoms with Crippen LogP contribution >= 0.6 is 11.6 Å². The van der Waals surface area contributed by atoms with Gasteiger partial charge in [-0.2, -0.15) is 5.26 Å². The van der Waals surface area contributed by atoms with Crippen molar-refractivity contribution in [3.8, 4) is 11.8 Å². The first-order valence-electron chi connectivity index (χ1n) is 9.47. The van der Waals surface area contributed by atoms with Crippen LogP contribution in [0.15, 0.2) is 60.2 Å². The third-order valence-electron chi connectivity index (χ3n) is 4.60. The molecule has 1 N–H and O–H groups in total. The second-order valence-corrected chi connectivity index (χ2v) is 6.94. The number of nitriles is 1. The van der Waals surface area contributed by atoms with Gasteiger partial charge in [-0.3, -0.25) is 4.79 Å². The van der Waals surface area contributed by atoms with Crippen molar-refractivity contribution >= 4 is 35.0 Å². The molecule has 1 aliphatic heterocycles. The van der Waals surface area contributed by atoms with Gasteiger partial charge in [0.2, 0.25) is 0 Å². The molecule has 0 atom stereocenters. The average Bonchev–Trinajstić information content (AvgIpc) is 2.77. The summed E-state index contributed by atoms with van der Waals surface area (Å²) < 4.78 is 10.7. The lowest BCUT2D eigenvalue weighted by molar-refractivity contribution is -0.112. The lowest BCUT2D eigenvalue weighted by Crippen LogP contribution is -2.36. The molecule has 2 aromatic carbocycles. The van der Waals surface area contributed by atoms with E-state index >= 15 is 0 Å². The SMILES string of the molecule is COc1ccccc1/C=C/C=C(\C#N)C(=O)Nc1cc(Cl)ccc1N1CCOCC1. The Kier molecular flexibility index (Phi) is 7.50. The second kappa shape index (κ2) is 10.5. The number of ether oxygens (including phenoxy) is 2. The summed E-state index contributed by atoms with van der Waals surface area (Å²) in [5.41, 5.74) is 2.23. The molecule has 1 heterocycles. The monoisotopic (exact) mass is 423 g/mol. The van der Waals surface area contributed by atoms with Crippen LogP contribution in [0, 0.1) is 11.3 Å². The van der Waals surface area contributed by atoms with Crippen molar-refractivity contribution in [3.05, 3.63) is 70.8 Å². The third kappa shape index (κ3) is 5.41. The van der Waals surface area contributed by atoms with E-state index in [4.69, 9.17) is 21.1 Å². The van der Waals surface area contributed by atoms with E-state index in [1.165, 1.54) is 6.08 Å². The number of nitrogens with one attached hydrogen (secondary N) is 1. The normalized spacial score (nSPS) is 14.4. The van der Waals surface area contributed by atoms with Crippen LogP contribution in [-0.2, 0) is 9.53 Å². The number of rotatable bonds is 6. The fraction of sp³-hybridized carbons (Fsp3) is 0.217. The number of anilines is 2. The minimum atomic E-state index is -0.501. The smallest absolute Gasteiger partial charge is 0.266 e. The van der Waals surface area contributed by atoms with E-state index in [9.17, 15) is 10.1 Å². The molecule has 0 saturated carbocycles. The summed E-state index contributed by atoms with van der Waals surface area (Å²) in [7, 11) is 1.59. The number of amides is 1. The van der Waals surface area contributed by atoms with Crippen LogP contribution in [0.4, 0.5) is 11.4 Å². The number of nitrogens with zero attached hydrogens (tertiary/aromatic N) is 2. The first-order chi connectivity index (χ1) is 14.6. The summed E-state index contributed by atoms with van der Waals surface area (Å²) in [5.74, 6) is 0.207. The standard InChI is InChI=1S/C23H22ClN3O3/c1-29-22-8-3-2-5-17(22)6-4-7-18(16-25)23(28)26-20-15-19(24)9-10-21(20)27-11-13-30-14-12-27/h2-10,15H,11-14H2,1H3,(H,26,28)/b6-4+,18-7+. The molecule has 1 aliphatic rings. The molecular weight excluding hydrogens is 402 g/mol. The first-order valence-corrected chi connectivity index (χ1v) is 9.85. The van der Waals surface area contributed by atoms with Crippen molar-refractivity contribution in [2.75, 3.05) is 43.6 Å². The Morgan fingerprint density at radius 2 is 2.03 bits per heavy atom. The fourth-order valence-corrected chi connectivity index (χ4v) is 3.27. The van der Waals surface area contributed by atoms with Gasteiger partial charge in [-0.15, -0.1) is 0 Å². The topological polar surface area (TPSA) is 74.6 Å². The zero-order chi connectivity index (χ0) is 21.3. The molecule has 0 spiro atoms. The Morgan fingerprint density at radius 1 is 1.27 bits per heavy atom. The van der Waals surface area contributed by atoms with Crippen LogP contribution in [0.2, 0.25) is 5.02 Å². The van der Waals surface area contributed by atoms with E-state index in [2.05, 4.69) is 10.2 Å². The van der Waals surface area contributed by atoms with Gasteiger partial charge in [0.05, 0.1) is 31.7 Å². The summed E-state index contributed by atoms with van der Waals surface area (Å²) in [6.45, 7) is 2.67. The van der Waals surface area contributed by atoms with E-state index in [1.807, 2.05) is 36.4 Å². The number of carbonyl (C=O) groups excluding carboxylic acids is 1. The molecule has 0 unspecified atom stereocenters. The van der Waals surface area contributed by atoms with Crippen molar-refractivity contribution in [1.82, 2.24) is 0 Å². The molecule has 2 aromatic rings. The van der Waals surface area contributed by atoms with E-state index in [0.29, 0.717) is 42.8 Å². The quantitative estimate of drug-likeness (QED) is 0.426. The largest absolute Gasteiger partial charge is 0.496 e. The van der Waals surface area contributed by atoms with Crippen molar-refractivity contribution in [2.24, 2.45) is 0 Å². The van der Waals surface area contributed by atoms with Crippen LogP contribution in [0.5, 0.6) is 5.75 Å². The van der Waals surface area contributed by atoms with Gasteiger partial charge in [-0.05, 0) is 30.3 Å². The van der Waals surface area contributed by atoms with Crippen molar-refractivity contribution in [3.63, 3.8) is 0 Å². The highest BCUT2D eigenvalue weighted by atomic mass is 35.5. The van der Waals surface area contributed by atoms with Gasteiger partial charge in [-0.25, -0.2) is 0 Å². The predicted molar refractivity (Wildman–Crippen MR) is 119 cm³/mol. The molecule has 0 radical (unpaired) electrons. The third-order valence-corrected chi connectivity index (χ3v) is 4.84. The van der Waals surface area contributed by atoms with Gasteiger partial charge in [0.1, 0.15) is 17.4 Å². The van der Waals surface area contributed by atoms with Gasteiger partial charge in [0.25, 0.3) is 5.91 Å². The molecule has 0 aromatic heterocycles. The highest BCUT2D eigenvalue weighted by Crippen LogP contribution is 2.30.